The molecule has 1 aromatic carbocycles. The van der Waals surface area contributed by atoms with Gasteiger partial charge in [-0.2, -0.15) is 0 Å². The molecular formula is C10H12F2N2O2. The first kappa shape index (κ1) is 12.5. The Labute approximate surface area is 91.4 Å². The van der Waals surface area contributed by atoms with Crippen molar-refractivity contribution in [2.75, 3.05) is 6.54 Å². The summed E-state index contributed by atoms with van der Waals surface area (Å²) in [6.45, 7) is 1.34. The summed E-state index contributed by atoms with van der Waals surface area (Å²) >= 11 is 0. The molecule has 0 aliphatic carbocycles. The lowest BCUT2D eigenvalue weighted by atomic mass is 10.1. The molecular weight excluding hydrogens is 218 g/mol. The van der Waals surface area contributed by atoms with Crippen LogP contribution in [0.15, 0.2) is 24.3 Å². The van der Waals surface area contributed by atoms with Crippen molar-refractivity contribution in [3.05, 3.63) is 39.9 Å². The molecule has 0 bridgehead atoms. The van der Waals surface area contributed by atoms with E-state index in [1.807, 2.05) is 0 Å². The third-order valence-corrected chi connectivity index (χ3v) is 2.18. The number of alkyl halides is 2. The predicted molar refractivity (Wildman–Crippen MR) is 55.5 cm³/mol. The maximum atomic E-state index is 11.9. The first-order valence-corrected chi connectivity index (χ1v) is 4.76. The molecule has 1 aromatic rings. The van der Waals surface area contributed by atoms with Crippen molar-refractivity contribution in [2.45, 2.75) is 19.4 Å². The van der Waals surface area contributed by atoms with Gasteiger partial charge < -0.3 is 5.32 Å². The van der Waals surface area contributed by atoms with E-state index in [1.54, 1.807) is 19.1 Å². The molecule has 0 amide bonds. The Bertz CT molecular complexity index is 354. The molecule has 88 valence electrons. The number of nitro groups is 1. The number of benzene rings is 1. The van der Waals surface area contributed by atoms with Gasteiger partial charge in [0.05, 0.1) is 11.5 Å². The zero-order chi connectivity index (χ0) is 12.1. The van der Waals surface area contributed by atoms with Crippen LogP contribution in [-0.2, 0) is 0 Å². The zero-order valence-corrected chi connectivity index (χ0v) is 8.69. The fraction of sp³-hybridized carbons (Fsp3) is 0.400. The van der Waals surface area contributed by atoms with Crippen molar-refractivity contribution in [1.82, 2.24) is 5.32 Å². The van der Waals surface area contributed by atoms with Gasteiger partial charge in [0, 0.05) is 18.2 Å². The molecule has 0 saturated carbocycles. The average molecular weight is 230 g/mol. The van der Waals surface area contributed by atoms with Gasteiger partial charge in [-0.25, -0.2) is 8.78 Å². The number of hydrogen-bond donors (Lipinski definition) is 1. The van der Waals surface area contributed by atoms with Crippen LogP contribution in [0.5, 0.6) is 0 Å². The summed E-state index contributed by atoms with van der Waals surface area (Å²) in [4.78, 5) is 9.89. The minimum atomic E-state index is -2.40. The van der Waals surface area contributed by atoms with Gasteiger partial charge in [0.25, 0.3) is 12.1 Å². The normalized spacial score (nSPS) is 12.8. The first-order valence-electron chi connectivity index (χ1n) is 4.76. The molecule has 0 aliphatic heterocycles. The highest BCUT2D eigenvalue weighted by Gasteiger charge is 2.10. The Hall–Kier alpha value is -1.56. The van der Waals surface area contributed by atoms with Crippen LogP contribution >= 0.6 is 0 Å². The van der Waals surface area contributed by atoms with E-state index in [-0.39, 0.29) is 11.7 Å². The van der Waals surface area contributed by atoms with Gasteiger partial charge in [-0.15, -0.1) is 0 Å². The fourth-order valence-corrected chi connectivity index (χ4v) is 1.27. The molecule has 1 N–H and O–H groups in total. The second-order valence-corrected chi connectivity index (χ2v) is 3.37. The third kappa shape index (κ3) is 3.54. The Morgan fingerprint density at radius 3 is 2.38 bits per heavy atom. The molecule has 4 nitrogen and oxygen atoms in total. The summed E-state index contributed by atoms with van der Waals surface area (Å²) in [6, 6.07) is 5.57. The predicted octanol–water partition coefficient (Wildman–Crippen LogP) is 2.51. The number of halogens is 2. The van der Waals surface area contributed by atoms with E-state index < -0.39 is 17.9 Å². The second kappa shape index (κ2) is 5.50. The van der Waals surface area contributed by atoms with E-state index >= 15 is 0 Å². The van der Waals surface area contributed by atoms with Crippen molar-refractivity contribution in [3.8, 4) is 0 Å². The topological polar surface area (TPSA) is 55.2 Å². The van der Waals surface area contributed by atoms with E-state index in [9.17, 15) is 18.9 Å². The summed E-state index contributed by atoms with van der Waals surface area (Å²) in [5.74, 6) is 0. The van der Waals surface area contributed by atoms with Gasteiger partial charge in [0.15, 0.2) is 0 Å². The lowest BCUT2D eigenvalue weighted by molar-refractivity contribution is -0.384. The van der Waals surface area contributed by atoms with Crippen LogP contribution < -0.4 is 5.32 Å². The largest absolute Gasteiger partial charge is 0.305 e. The first-order chi connectivity index (χ1) is 7.50. The zero-order valence-electron chi connectivity index (χ0n) is 8.69. The molecule has 0 fully saturated rings. The van der Waals surface area contributed by atoms with Gasteiger partial charge in [0.1, 0.15) is 0 Å². The summed E-state index contributed by atoms with van der Waals surface area (Å²) in [6.07, 6.45) is -2.40. The van der Waals surface area contributed by atoms with E-state index in [0.717, 1.165) is 5.56 Å². The molecule has 1 unspecified atom stereocenters. The SMILES string of the molecule is CC(NCC(F)F)c1ccc([N+](=O)[O-])cc1. The molecule has 0 heterocycles. The minimum absolute atomic E-state index is 0.00944. The van der Waals surface area contributed by atoms with Crippen LogP contribution in [0, 0.1) is 10.1 Å². The molecule has 0 spiro atoms. The average Bonchev–Trinajstić information content (AvgIpc) is 2.26. The highest BCUT2D eigenvalue weighted by Crippen LogP contribution is 2.17. The molecule has 6 heteroatoms. The molecule has 1 atom stereocenters. The second-order valence-electron chi connectivity index (χ2n) is 3.37. The van der Waals surface area contributed by atoms with Gasteiger partial charge in [-0.05, 0) is 12.5 Å². The minimum Gasteiger partial charge on any atom is -0.305 e. The highest BCUT2D eigenvalue weighted by molar-refractivity contribution is 5.33. The van der Waals surface area contributed by atoms with Crippen molar-refractivity contribution < 1.29 is 13.7 Å². The molecule has 16 heavy (non-hydrogen) atoms. The van der Waals surface area contributed by atoms with Crippen LogP contribution in [0.1, 0.15) is 18.5 Å². The summed E-state index contributed by atoms with van der Waals surface area (Å²) in [5.41, 5.74) is 0.732. The van der Waals surface area contributed by atoms with E-state index in [4.69, 9.17) is 0 Å². The van der Waals surface area contributed by atoms with Crippen LogP contribution in [0.3, 0.4) is 0 Å². The van der Waals surface area contributed by atoms with Gasteiger partial charge >= 0.3 is 0 Å². The number of non-ortho nitro benzene ring substituents is 1. The Balaban J connectivity index is 2.63. The molecule has 0 saturated heterocycles. The van der Waals surface area contributed by atoms with Crippen molar-refractivity contribution in [3.63, 3.8) is 0 Å². The molecule has 0 aromatic heterocycles. The quantitative estimate of drug-likeness (QED) is 0.624. The van der Waals surface area contributed by atoms with Gasteiger partial charge in [0.2, 0.25) is 0 Å². The molecule has 0 aliphatic rings. The van der Waals surface area contributed by atoms with Crippen LogP contribution in [0.2, 0.25) is 0 Å². The van der Waals surface area contributed by atoms with E-state index in [2.05, 4.69) is 5.32 Å². The van der Waals surface area contributed by atoms with Crippen molar-refractivity contribution in [1.29, 1.82) is 0 Å². The van der Waals surface area contributed by atoms with Crippen LogP contribution in [-0.4, -0.2) is 17.9 Å². The summed E-state index contributed by atoms with van der Waals surface area (Å²) in [5, 5.41) is 13.0. The lowest BCUT2D eigenvalue weighted by Gasteiger charge is -2.13. The maximum Gasteiger partial charge on any atom is 0.269 e. The van der Waals surface area contributed by atoms with Crippen molar-refractivity contribution >= 4 is 5.69 Å². The van der Waals surface area contributed by atoms with E-state index in [1.165, 1.54) is 12.1 Å². The number of nitrogens with one attached hydrogen (secondary N) is 1. The van der Waals surface area contributed by atoms with Gasteiger partial charge in [-0.1, -0.05) is 12.1 Å². The summed E-state index contributed by atoms with van der Waals surface area (Å²) < 4.78 is 23.9. The summed E-state index contributed by atoms with van der Waals surface area (Å²) in [7, 11) is 0. The Morgan fingerprint density at radius 2 is 1.94 bits per heavy atom. The Morgan fingerprint density at radius 1 is 1.38 bits per heavy atom. The number of rotatable bonds is 5. The smallest absolute Gasteiger partial charge is 0.269 e. The van der Waals surface area contributed by atoms with Gasteiger partial charge in [-0.3, -0.25) is 10.1 Å². The maximum absolute atomic E-state index is 11.9. The van der Waals surface area contributed by atoms with Crippen molar-refractivity contribution in [2.24, 2.45) is 0 Å². The van der Waals surface area contributed by atoms with Crippen LogP contribution in [0.4, 0.5) is 14.5 Å². The Kier molecular flexibility index (Phi) is 4.30. The van der Waals surface area contributed by atoms with E-state index in [0.29, 0.717) is 0 Å². The number of nitrogens with zero attached hydrogens (tertiary/aromatic N) is 1. The molecule has 0 radical (unpaired) electrons. The highest BCUT2D eigenvalue weighted by atomic mass is 19.3. The number of hydrogen-bond acceptors (Lipinski definition) is 3. The van der Waals surface area contributed by atoms with Crippen LogP contribution in [0.25, 0.3) is 0 Å². The monoisotopic (exact) mass is 230 g/mol. The number of nitro benzene ring substituents is 1. The fourth-order valence-electron chi connectivity index (χ4n) is 1.27. The standard InChI is InChI=1S/C10H12F2N2O2/c1-7(13-6-10(11)12)8-2-4-9(5-3-8)14(15)16/h2-5,7,10,13H,6H2,1H3. The lowest BCUT2D eigenvalue weighted by Crippen LogP contribution is -2.24. The third-order valence-electron chi connectivity index (χ3n) is 2.18. The molecule has 1 rings (SSSR count).